The molecule has 0 fully saturated rings. The fraction of sp³-hybridized carbons (Fsp3) is 0.391. The summed E-state index contributed by atoms with van der Waals surface area (Å²) in [7, 11) is 2.37. The quantitative estimate of drug-likeness (QED) is 0.663. The molecule has 0 amide bonds. The Balaban J connectivity index is 1.85. The number of aryl methyl sites for hydroxylation is 1. The zero-order valence-electron chi connectivity index (χ0n) is 18.1. The second kappa shape index (κ2) is 7.94. The summed E-state index contributed by atoms with van der Waals surface area (Å²) in [6.07, 6.45) is 2.09. The number of rotatable bonds is 6. The normalized spacial score (nSPS) is 13.9. The van der Waals surface area contributed by atoms with Crippen molar-refractivity contribution in [1.82, 2.24) is 14.2 Å². The SMILES string of the molecule is CN(C)C(CNS(=O)(=O)c1ccc(C(C)(C)C)cc1)c1cn(C)c2ccccc12. The molecule has 1 aromatic heterocycles. The highest BCUT2D eigenvalue weighted by atomic mass is 32.2. The topological polar surface area (TPSA) is 54.3 Å². The second-order valence-corrected chi connectivity index (χ2v) is 10.6. The number of hydrogen-bond acceptors (Lipinski definition) is 3. The fourth-order valence-corrected chi connectivity index (χ4v) is 4.65. The lowest BCUT2D eigenvalue weighted by atomic mass is 9.87. The zero-order valence-corrected chi connectivity index (χ0v) is 18.9. The molecule has 0 saturated carbocycles. The highest BCUT2D eigenvalue weighted by Gasteiger charge is 2.23. The third kappa shape index (κ3) is 4.55. The van der Waals surface area contributed by atoms with Crippen molar-refractivity contribution in [3.63, 3.8) is 0 Å². The molecule has 1 unspecified atom stereocenters. The van der Waals surface area contributed by atoms with Gasteiger partial charge in [-0.25, -0.2) is 13.1 Å². The van der Waals surface area contributed by atoms with Gasteiger partial charge >= 0.3 is 0 Å². The van der Waals surface area contributed by atoms with Crippen LogP contribution in [0.4, 0.5) is 0 Å². The van der Waals surface area contributed by atoms with E-state index in [1.165, 1.54) is 0 Å². The Morgan fingerprint density at radius 2 is 1.66 bits per heavy atom. The first-order valence-corrected chi connectivity index (χ1v) is 11.3. The van der Waals surface area contributed by atoms with Crippen molar-refractivity contribution in [2.24, 2.45) is 7.05 Å². The monoisotopic (exact) mass is 413 g/mol. The van der Waals surface area contributed by atoms with E-state index >= 15 is 0 Å². The van der Waals surface area contributed by atoms with Gasteiger partial charge in [-0.05, 0) is 48.8 Å². The Bertz CT molecular complexity index is 1090. The van der Waals surface area contributed by atoms with Gasteiger partial charge in [-0.1, -0.05) is 51.1 Å². The number of nitrogens with zero attached hydrogens (tertiary/aromatic N) is 2. The molecule has 0 aliphatic heterocycles. The van der Waals surface area contributed by atoms with Crippen LogP contribution in [0.25, 0.3) is 10.9 Å². The number of likely N-dealkylation sites (N-methyl/N-ethyl adjacent to an activating group) is 1. The summed E-state index contributed by atoms with van der Waals surface area (Å²) >= 11 is 0. The van der Waals surface area contributed by atoms with Crippen LogP contribution in [0, 0.1) is 0 Å². The van der Waals surface area contributed by atoms with Gasteiger partial charge in [0.15, 0.2) is 0 Å². The fourth-order valence-electron chi connectivity index (χ4n) is 3.62. The summed E-state index contributed by atoms with van der Waals surface area (Å²) in [6.45, 7) is 6.63. The number of aromatic nitrogens is 1. The van der Waals surface area contributed by atoms with Gasteiger partial charge in [0.05, 0.1) is 4.90 Å². The molecule has 1 heterocycles. The van der Waals surface area contributed by atoms with E-state index < -0.39 is 10.0 Å². The number of fused-ring (bicyclic) bond motifs is 1. The van der Waals surface area contributed by atoms with Crippen LogP contribution in [0.5, 0.6) is 0 Å². The Kier molecular flexibility index (Phi) is 5.90. The van der Waals surface area contributed by atoms with Crippen LogP contribution >= 0.6 is 0 Å². The summed E-state index contributed by atoms with van der Waals surface area (Å²) in [5.41, 5.74) is 3.34. The first kappa shape index (κ1) is 21.6. The van der Waals surface area contributed by atoms with Gasteiger partial charge in [0.25, 0.3) is 0 Å². The van der Waals surface area contributed by atoms with Crippen molar-refractivity contribution in [2.75, 3.05) is 20.6 Å². The van der Waals surface area contributed by atoms with Gasteiger partial charge in [-0.2, -0.15) is 0 Å². The third-order valence-corrected chi connectivity index (χ3v) is 6.85. The second-order valence-electron chi connectivity index (χ2n) is 8.82. The lowest BCUT2D eigenvalue weighted by Gasteiger charge is -2.24. The average Bonchev–Trinajstić information content (AvgIpc) is 2.98. The molecule has 3 rings (SSSR count). The maximum absolute atomic E-state index is 12.9. The van der Waals surface area contributed by atoms with Crippen LogP contribution in [0.2, 0.25) is 0 Å². The van der Waals surface area contributed by atoms with Crippen LogP contribution in [0.1, 0.15) is 37.9 Å². The minimum Gasteiger partial charge on any atom is -0.350 e. The van der Waals surface area contributed by atoms with E-state index in [9.17, 15) is 8.42 Å². The predicted octanol–water partition coefficient (Wildman–Crippen LogP) is 4.06. The summed E-state index contributed by atoms with van der Waals surface area (Å²) in [5, 5.41) is 1.14. The van der Waals surface area contributed by atoms with E-state index in [1.54, 1.807) is 12.1 Å². The molecule has 0 aliphatic rings. The van der Waals surface area contributed by atoms with Gasteiger partial charge in [0.1, 0.15) is 0 Å². The van der Waals surface area contributed by atoms with Crippen LogP contribution in [0.3, 0.4) is 0 Å². The van der Waals surface area contributed by atoms with Crippen LogP contribution in [-0.2, 0) is 22.5 Å². The molecule has 6 heteroatoms. The van der Waals surface area contributed by atoms with Gasteiger partial charge in [-0.3, -0.25) is 0 Å². The van der Waals surface area contributed by atoms with Crippen molar-refractivity contribution in [1.29, 1.82) is 0 Å². The molecule has 0 aliphatic carbocycles. The van der Waals surface area contributed by atoms with Gasteiger partial charge in [0, 0.05) is 36.7 Å². The molecule has 3 aromatic rings. The van der Waals surface area contributed by atoms with E-state index in [2.05, 4.69) is 48.4 Å². The highest BCUT2D eigenvalue weighted by molar-refractivity contribution is 7.89. The van der Waals surface area contributed by atoms with Gasteiger partial charge < -0.3 is 9.47 Å². The maximum atomic E-state index is 12.9. The van der Waals surface area contributed by atoms with Crippen molar-refractivity contribution in [2.45, 2.75) is 37.1 Å². The molecule has 29 heavy (non-hydrogen) atoms. The molecule has 5 nitrogen and oxygen atoms in total. The summed E-state index contributed by atoms with van der Waals surface area (Å²) in [5.74, 6) is 0. The molecule has 0 bridgehead atoms. The number of benzene rings is 2. The maximum Gasteiger partial charge on any atom is 0.240 e. The van der Waals surface area contributed by atoms with Crippen LogP contribution in [0.15, 0.2) is 59.6 Å². The standard InChI is InChI=1S/C23H31N3O2S/c1-23(2,3)17-11-13-18(14-12-17)29(27,28)24-15-22(25(4)5)20-16-26(6)21-10-8-7-9-19(20)21/h7-14,16,22,24H,15H2,1-6H3. The lowest BCUT2D eigenvalue weighted by Crippen LogP contribution is -2.34. The zero-order chi connectivity index (χ0) is 21.4. The minimum atomic E-state index is -3.59. The van der Waals surface area contributed by atoms with Crippen LogP contribution < -0.4 is 4.72 Å². The van der Waals surface area contributed by atoms with E-state index in [4.69, 9.17) is 0 Å². The van der Waals surface area contributed by atoms with Crippen molar-refractivity contribution in [3.05, 3.63) is 65.9 Å². The number of nitrogens with one attached hydrogen (secondary N) is 1. The first-order chi connectivity index (χ1) is 13.5. The predicted molar refractivity (Wildman–Crippen MR) is 120 cm³/mol. The molecule has 156 valence electrons. The van der Waals surface area contributed by atoms with E-state index in [-0.39, 0.29) is 11.5 Å². The largest absolute Gasteiger partial charge is 0.350 e. The lowest BCUT2D eigenvalue weighted by molar-refractivity contribution is 0.301. The molecule has 0 radical (unpaired) electrons. The molecule has 1 atom stereocenters. The van der Waals surface area contributed by atoms with Crippen molar-refractivity contribution in [3.8, 4) is 0 Å². The average molecular weight is 414 g/mol. The Morgan fingerprint density at radius 1 is 1.03 bits per heavy atom. The molecular weight excluding hydrogens is 382 g/mol. The minimum absolute atomic E-state index is 0.0138. The van der Waals surface area contributed by atoms with E-state index in [0.29, 0.717) is 11.4 Å². The molecule has 0 saturated heterocycles. The van der Waals surface area contributed by atoms with Crippen LogP contribution in [-0.4, -0.2) is 38.5 Å². The number of para-hydroxylation sites is 1. The van der Waals surface area contributed by atoms with Gasteiger partial charge in [-0.15, -0.1) is 0 Å². The molecule has 1 N–H and O–H groups in total. The number of hydrogen-bond donors (Lipinski definition) is 1. The first-order valence-electron chi connectivity index (χ1n) is 9.81. The van der Waals surface area contributed by atoms with Crippen molar-refractivity contribution >= 4 is 20.9 Å². The van der Waals surface area contributed by atoms with E-state index in [1.807, 2.05) is 50.3 Å². The van der Waals surface area contributed by atoms with E-state index in [0.717, 1.165) is 22.0 Å². The summed E-state index contributed by atoms with van der Waals surface area (Å²) in [4.78, 5) is 2.34. The Hall–Kier alpha value is -2.15. The third-order valence-electron chi connectivity index (χ3n) is 5.41. The van der Waals surface area contributed by atoms with Crippen molar-refractivity contribution < 1.29 is 8.42 Å². The highest BCUT2D eigenvalue weighted by Crippen LogP contribution is 2.29. The molecular formula is C23H31N3O2S. The molecule has 0 spiro atoms. The Morgan fingerprint density at radius 3 is 2.24 bits per heavy atom. The smallest absolute Gasteiger partial charge is 0.240 e. The number of sulfonamides is 1. The Labute approximate surface area is 174 Å². The summed E-state index contributed by atoms with van der Waals surface area (Å²) < 4.78 is 30.7. The van der Waals surface area contributed by atoms with Gasteiger partial charge in [0.2, 0.25) is 10.0 Å². The summed E-state index contributed by atoms with van der Waals surface area (Å²) in [6, 6.07) is 15.3. The molecule has 2 aromatic carbocycles.